The minimum Gasteiger partial charge on any atom is -0.480 e. The van der Waals surface area contributed by atoms with Gasteiger partial charge in [0.25, 0.3) is 0 Å². The maximum absolute atomic E-state index is 11.8. The Bertz CT molecular complexity index is 360. The molecular weight excluding hydrogens is 236 g/mol. The van der Waals surface area contributed by atoms with Gasteiger partial charge in [0.1, 0.15) is 6.04 Å². The largest absolute Gasteiger partial charge is 0.480 e. The number of rotatable bonds is 3. The third kappa shape index (κ3) is 3.45. The topological polar surface area (TPSA) is 86.7 Å². The summed E-state index contributed by atoms with van der Waals surface area (Å²) in [6, 6.07) is -0.746. The lowest BCUT2D eigenvalue weighted by atomic mass is 9.96. The van der Waals surface area contributed by atoms with E-state index in [1.165, 1.54) is 4.90 Å². The second-order valence-electron chi connectivity index (χ2n) is 5.52. The SMILES string of the molecule is CC(C)(C)C(=O)NCC(=O)N1CCC[C@H]1C(=O)O. The maximum atomic E-state index is 11.8. The van der Waals surface area contributed by atoms with E-state index in [-0.39, 0.29) is 18.4 Å². The van der Waals surface area contributed by atoms with Crippen LogP contribution in [0.15, 0.2) is 0 Å². The summed E-state index contributed by atoms with van der Waals surface area (Å²) in [5, 5.41) is 11.5. The van der Waals surface area contributed by atoms with Crippen LogP contribution < -0.4 is 5.32 Å². The molecule has 0 unspecified atom stereocenters. The number of hydrogen-bond donors (Lipinski definition) is 2. The van der Waals surface area contributed by atoms with Gasteiger partial charge in [-0.25, -0.2) is 4.79 Å². The highest BCUT2D eigenvalue weighted by molar-refractivity contribution is 5.89. The number of carbonyl (C=O) groups excluding carboxylic acids is 2. The molecule has 0 aromatic heterocycles. The third-order valence-electron chi connectivity index (χ3n) is 2.94. The van der Waals surface area contributed by atoms with Crippen molar-refractivity contribution in [1.82, 2.24) is 10.2 Å². The molecule has 18 heavy (non-hydrogen) atoms. The number of nitrogens with zero attached hydrogens (tertiary/aromatic N) is 1. The molecule has 1 aliphatic heterocycles. The van der Waals surface area contributed by atoms with Crippen LogP contribution in [0.3, 0.4) is 0 Å². The Labute approximate surface area is 106 Å². The molecule has 6 heteroatoms. The van der Waals surface area contributed by atoms with Crippen molar-refractivity contribution < 1.29 is 19.5 Å². The average molecular weight is 256 g/mol. The van der Waals surface area contributed by atoms with E-state index in [9.17, 15) is 14.4 Å². The van der Waals surface area contributed by atoms with Crippen LogP contribution in [0.1, 0.15) is 33.6 Å². The number of likely N-dealkylation sites (tertiary alicyclic amines) is 1. The zero-order chi connectivity index (χ0) is 13.9. The predicted molar refractivity (Wildman–Crippen MR) is 64.8 cm³/mol. The summed E-state index contributed by atoms with van der Waals surface area (Å²) in [6.45, 7) is 5.56. The smallest absolute Gasteiger partial charge is 0.326 e. The summed E-state index contributed by atoms with van der Waals surface area (Å²) in [7, 11) is 0. The van der Waals surface area contributed by atoms with E-state index < -0.39 is 17.4 Å². The molecule has 0 radical (unpaired) electrons. The van der Waals surface area contributed by atoms with Gasteiger partial charge in [-0.05, 0) is 12.8 Å². The van der Waals surface area contributed by atoms with Crippen LogP contribution in [0.5, 0.6) is 0 Å². The number of carbonyl (C=O) groups is 3. The Morgan fingerprint density at radius 2 is 1.94 bits per heavy atom. The van der Waals surface area contributed by atoms with Crippen molar-refractivity contribution in [1.29, 1.82) is 0 Å². The molecule has 1 fully saturated rings. The van der Waals surface area contributed by atoms with E-state index in [1.807, 2.05) is 0 Å². The lowest BCUT2D eigenvalue weighted by Gasteiger charge is -2.23. The molecule has 1 saturated heterocycles. The van der Waals surface area contributed by atoms with E-state index in [0.29, 0.717) is 19.4 Å². The van der Waals surface area contributed by atoms with Gasteiger partial charge in [0, 0.05) is 12.0 Å². The normalized spacial score (nSPS) is 19.7. The van der Waals surface area contributed by atoms with Crippen molar-refractivity contribution in [2.75, 3.05) is 13.1 Å². The number of carboxylic acids is 1. The summed E-state index contributed by atoms with van der Waals surface area (Å²) in [5.74, 6) is -1.54. The molecule has 1 rings (SSSR count). The third-order valence-corrected chi connectivity index (χ3v) is 2.94. The highest BCUT2D eigenvalue weighted by Gasteiger charge is 2.34. The fourth-order valence-corrected chi connectivity index (χ4v) is 1.84. The van der Waals surface area contributed by atoms with Gasteiger partial charge in [-0.1, -0.05) is 20.8 Å². The van der Waals surface area contributed by atoms with Gasteiger partial charge >= 0.3 is 5.97 Å². The molecule has 0 bridgehead atoms. The van der Waals surface area contributed by atoms with Crippen molar-refractivity contribution in [3.63, 3.8) is 0 Å². The molecule has 2 N–H and O–H groups in total. The van der Waals surface area contributed by atoms with Crippen molar-refractivity contribution >= 4 is 17.8 Å². The fraction of sp³-hybridized carbons (Fsp3) is 0.750. The molecule has 1 heterocycles. The van der Waals surface area contributed by atoms with Crippen LogP contribution in [-0.2, 0) is 14.4 Å². The second-order valence-corrected chi connectivity index (χ2v) is 5.52. The maximum Gasteiger partial charge on any atom is 0.326 e. The molecule has 1 atom stereocenters. The minimum absolute atomic E-state index is 0.139. The standard InChI is InChI=1S/C12H20N2O4/c1-12(2,3)11(18)13-7-9(15)14-6-4-5-8(14)10(16)17/h8H,4-7H2,1-3H3,(H,13,18)(H,16,17)/t8-/m0/s1. The van der Waals surface area contributed by atoms with Gasteiger partial charge in [0.15, 0.2) is 0 Å². The summed E-state index contributed by atoms with van der Waals surface area (Å²) in [5.41, 5.74) is -0.558. The first-order valence-corrected chi connectivity index (χ1v) is 6.04. The Hall–Kier alpha value is -1.59. The molecule has 0 aromatic rings. The zero-order valence-corrected chi connectivity index (χ0v) is 11.0. The van der Waals surface area contributed by atoms with E-state index >= 15 is 0 Å². The summed E-state index contributed by atoms with van der Waals surface area (Å²) in [6.07, 6.45) is 1.17. The molecular formula is C12H20N2O4. The summed E-state index contributed by atoms with van der Waals surface area (Å²) < 4.78 is 0. The monoisotopic (exact) mass is 256 g/mol. The van der Waals surface area contributed by atoms with Gasteiger partial charge in [0.05, 0.1) is 6.54 Å². The molecule has 0 saturated carbocycles. The summed E-state index contributed by atoms with van der Waals surface area (Å²) >= 11 is 0. The first-order valence-electron chi connectivity index (χ1n) is 6.04. The quantitative estimate of drug-likeness (QED) is 0.756. The molecule has 0 aliphatic carbocycles. The van der Waals surface area contributed by atoms with Crippen molar-refractivity contribution in [2.45, 2.75) is 39.7 Å². The Morgan fingerprint density at radius 3 is 2.44 bits per heavy atom. The lowest BCUT2D eigenvalue weighted by molar-refractivity contribution is -0.148. The van der Waals surface area contributed by atoms with Crippen molar-refractivity contribution in [2.24, 2.45) is 5.41 Å². The van der Waals surface area contributed by atoms with Gasteiger partial charge < -0.3 is 15.3 Å². The average Bonchev–Trinajstić information content (AvgIpc) is 2.72. The number of carboxylic acid groups (broad SMARTS) is 1. The summed E-state index contributed by atoms with van der Waals surface area (Å²) in [4.78, 5) is 35.7. The van der Waals surface area contributed by atoms with E-state index in [0.717, 1.165) is 0 Å². The predicted octanol–water partition coefficient (Wildman–Crippen LogP) is 0.224. The molecule has 0 aromatic carbocycles. The van der Waals surface area contributed by atoms with Crippen LogP contribution >= 0.6 is 0 Å². The second kappa shape index (κ2) is 5.37. The first-order chi connectivity index (χ1) is 8.23. The van der Waals surface area contributed by atoms with Crippen molar-refractivity contribution in [3.8, 4) is 0 Å². The number of amides is 2. The Morgan fingerprint density at radius 1 is 1.33 bits per heavy atom. The van der Waals surface area contributed by atoms with Gasteiger partial charge in [-0.3, -0.25) is 9.59 Å². The molecule has 102 valence electrons. The first kappa shape index (κ1) is 14.5. The molecule has 0 spiro atoms. The fourth-order valence-electron chi connectivity index (χ4n) is 1.84. The lowest BCUT2D eigenvalue weighted by Crippen LogP contribution is -2.47. The van der Waals surface area contributed by atoms with Gasteiger partial charge in [0.2, 0.25) is 11.8 Å². The van der Waals surface area contributed by atoms with Gasteiger partial charge in [-0.2, -0.15) is 0 Å². The van der Waals surface area contributed by atoms with E-state index in [2.05, 4.69) is 5.32 Å². The van der Waals surface area contributed by atoms with Crippen LogP contribution in [0.2, 0.25) is 0 Å². The van der Waals surface area contributed by atoms with E-state index in [1.54, 1.807) is 20.8 Å². The van der Waals surface area contributed by atoms with Crippen LogP contribution in [0.4, 0.5) is 0 Å². The zero-order valence-electron chi connectivity index (χ0n) is 11.0. The number of nitrogens with one attached hydrogen (secondary N) is 1. The van der Waals surface area contributed by atoms with E-state index in [4.69, 9.17) is 5.11 Å². The Balaban J connectivity index is 2.51. The molecule has 1 aliphatic rings. The van der Waals surface area contributed by atoms with Crippen LogP contribution in [0, 0.1) is 5.41 Å². The minimum atomic E-state index is -0.983. The van der Waals surface area contributed by atoms with Crippen LogP contribution in [0.25, 0.3) is 0 Å². The highest BCUT2D eigenvalue weighted by Crippen LogP contribution is 2.17. The van der Waals surface area contributed by atoms with Crippen LogP contribution in [-0.4, -0.2) is 46.9 Å². The molecule has 6 nitrogen and oxygen atoms in total. The number of aliphatic carboxylic acids is 1. The Kier molecular flexibility index (Phi) is 4.32. The number of hydrogen-bond acceptors (Lipinski definition) is 3. The van der Waals surface area contributed by atoms with Crippen molar-refractivity contribution in [3.05, 3.63) is 0 Å². The molecule has 2 amide bonds. The van der Waals surface area contributed by atoms with Gasteiger partial charge in [-0.15, -0.1) is 0 Å². The highest BCUT2D eigenvalue weighted by atomic mass is 16.4.